The molecular weight excluding hydrogens is 334 g/mol. The van der Waals surface area contributed by atoms with Crippen LogP contribution in [0.1, 0.15) is 11.1 Å². The van der Waals surface area contributed by atoms with Crippen LogP contribution >= 0.6 is 15.9 Å². The largest absolute Gasteiger partial charge is 0.478 e. The molecule has 0 atom stereocenters. The van der Waals surface area contributed by atoms with Gasteiger partial charge in [0.25, 0.3) is 0 Å². The van der Waals surface area contributed by atoms with Crippen molar-refractivity contribution < 1.29 is 14.6 Å². The van der Waals surface area contributed by atoms with E-state index in [1.807, 2.05) is 6.07 Å². The minimum absolute atomic E-state index is 0.493. The fraction of sp³-hybridized carbons (Fsp3) is 0. The summed E-state index contributed by atoms with van der Waals surface area (Å²) in [5.74, 6) is -0.0143. The van der Waals surface area contributed by atoms with Gasteiger partial charge in [0, 0.05) is 16.1 Å². The number of ether oxygens (including phenoxy) is 1. The lowest BCUT2D eigenvalue weighted by Crippen LogP contribution is -1.90. The van der Waals surface area contributed by atoms with Gasteiger partial charge in [0.1, 0.15) is 11.5 Å². The quantitative estimate of drug-likeness (QED) is 0.844. The van der Waals surface area contributed by atoms with Gasteiger partial charge in [-0.1, -0.05) is 22.0 Å². The van der Waals surface area contributed by atoms with Gasteiger partial charge in [-0.15, -0.1) is 0 Å². The van der Waals surface area contributed by atoms with Crippen LogP contribution in [0.5, 0.6) is 11.5 Å². The monoisotopic (exact) mass is 343 g/mol. The molecule has 0 radical (unpaired) electrons. The Morgan fingerprint density at radius 2 is 2.10 bits per heavy atom. The molecular formula is C16H10BrNO3. The van der Waals surface area contributed by atoms with Gasteiger partial charge in [-0.25, -0.2) is 4.79 Å². The van der Waals surface area contributed by atoms with Crippen LogP contribution in [0.2, 0.25) is 0 Å². The van der Waals surface area contributed by atoms with Crippen molar-refractivity contribution in [3.8, 4) is 17.6 Å². The summed E-state index contributed by atoms with van der Waals surface area (Å²) in [6.07, 6.45) is 2.50. The first-order valence-electron chi connectivity index (χ1n) is 5.97. The van der Waals surface area contributed by atoms with Crippen molar-refractivity contribution in [2.75, 3.05) is 0 Å². The molecule has 0 bridgehead atoms. The Hall–Kier alpha value is -2.58. The molecule has 0 fully saturated rings. The number of carboxylic acid groups (broad SMARTS) is 1. The van der Waals surface area contributed by atoms with E-state index in [1.54, 1.807) is 42.5 Å². The lowest BCUT2D eigenvalue weighted by atomic mass is 10.2. The second-order valence-corrected chi connectivity index (χ2v) is 5.01. The van der Waals surface area contributed by atoms with Crippen molar-refractivity contribution in [2.45, 2.75) is 0 Å². The molecule has 0 aliphatic rings. The van der Waals surface area contributed by atoms with Gasteiger partial charge in [-0.05, 0) is 42.5 Å². The van der Waals surface area contributed by atoms with Gasteiger partial charge in [0.2, 0.25) is 0 Å². The van der Waals surface area contributed by atoms with E-state index in [-0.39, 0.29) is 0 Å². The molecule has 0 aliphatic carbocycles. The van der Waals surface area contributed by atoms with Crippen LogP contribution in [0.25, 0.3) is 6.08 Å². The predicted molar refractivity (Wildman–Crippen MR) is 82.0 cm³/mol. The summed E-state index contributed by atoms with van der Waals surface area (Å²) in [4.78, 5) is 10.6. The first-order valence-corrected chi connectivity index (χ1v) is 6.76. The number of carboxylic acids is 1. The molecule has 1 N–H and O–H groups in total. The molecule has 0 aliphatic heterocycles. The van der Waals surface area contributed by atoms with Crippen LogP contribution in [0.15, 0.2) is 53.0 Å². The second kappa shape index (κ2) is 6.73. The number of carbonyl (C=O) groups is 1. The van der Waals surface area contributed by atoms with E-state index < -0.39 is 5.97 Å². The molecule has 0 aromatic heterocycles. The van der Waals surface area contributed by atoms with Crippen molar-refractivity contribution in [3.63, 3.8) is 0 Å². The highest BCUT2D eigenvalue weighted by Gasteiger charge is 2.05. The fourth-order valence-electron chi connectivity index (χ4n) is 1.66. The number of nitriles is 1. The van der Waals surface area contributed by atoms with E-state index in [0.29, 0.717) is 22.6 Å². The third-order valence-corrected chi connectivity index (χ3v) is 3.06. The number of rotatable bonds is 4. The van der Waals surface area contributed by atoms with E-state index in [0.717, 1.165) is 10.5 Å². The van der Waals surface area contributed by atoms with E-state index in [9.17, 15) is 4.79 Å². The molecule has 0 saturated carbocycles. The number of aliphatic carboxylic acids is 1. The maximum absolute atomic E-state index is 10.6. The van der Waals surface area contributed by atoms with Crippen LogP contribution in [-0.2, 0) is 4.79 Å². The Balaban J connectivity index is 2.35. The Bertz CT molecular complexity index is 747. The van der Waals surface area contributed by atoms with E-state index in [4.69, 9.17) is 15.1 Å². The summed E-state index contributed by atoms with van der Waals surface area (Å²) in [5, 5.41) is 17.6. The molecule has 0 heterocycles. The molecule has 0 unspecified atom stereocenters. The zero-order valence-corrected chi connectivity index (χ0v) is 12.4. The lowest BCUT2D eigenvalue weighted by Gasteiger charge is -2.09. The maximum Gasteiger partial charge on any atom is 0.328 e. The Morgan fingerprint density at radius 1 is 1.29 bits per heavy atom. The number of benzene rings is 2. The van der Waals surface area contributed by atoms with Crippen LogP contribution in [0.3, 0.4) is 0 Å². The summed E-state index contributed by atoms with van der Waals surface area (Å²) in [7, 11) is 0. The minimum atomic E-state index is -1.03. The lowest BCUT2D eigenvalue weighted by molar-refractivity contribution is -0.131. The van der Waals surface area contributed by atoms with Gasteiger partial charge in [-0.3, -0.25) is 0 Å². The van der Waals surface area contributed by atoms with Gasteiger partial charge < -0.3 is 9.84 Å². The van der Waals surface area contributed by atoms with Crippen molar-refractivity contribution in [3.05, 3.63) is 64.1 Å². The van der Waals surface area contributed by atoms with E-state index >= 15 is 0 Å². The number of hydrogen-bond donors (Lipinski definition) is 1. The molecule has 0 spiro atoms. The van der Waals surface area contributed by atoms with Crippen molar-refractivity contribution >= 4 is 28.0 Å². The first-order chi connectivity index (χ1) is 10.1. The molecule has 2 rings (SSSR count). The highest BCUT2D eigenvalue weighted by Crippen LogP contribution is 2.29. The van der Waals surface area contributed by atoms with Gasteiger partial charge >= 0.3 is 5.97 Å². The van der Waals surface area contributed by atoms with Crippen molar-refractivity contribution in [2.24, 2.45) is 0 Å². The van der Waals surface area contributed by atoms with Crippen LogP contribution in [0.4, 0.5) is 0 Å². The smallest absolute Gasteiger partial charge is 0.328 e. The van der Waals surface area contributed by atoms with Gasteiger partial charge in [0.15, 0.2) is 0 Å². The Kier molecular flexibility index (Phi) is 4.75. The maximum atomic E-state index is 10.6. The highest BCUT2D eigenvalue weighted by molar-refractivity contribution is 9.10. The molecule has 5 heteroatoms. The summed E-state index contributed by atoms with van der Waals surface area (Å²) in [6.45, 7) is 0. The molecule has 21 heavy (non-hydrogen) atoms. The number of halogens is 1. The van der Waals surface area contributed by atoms with Crippen LogP contribution in [0, 0.1) is 11.3 Å². The van der Waals surface area contributed by atoms with Crippen LogP contribution < -0.4 is 4.74 Å². The SMILES string of the molecule is N#Cc1cccc(Oc2ccc(Br)cc2/C=C/C(=O)O)c1. The molecule has 2 aromatic carbocycles. The zero-order chi connectivity index (χ0) is 15.2. The second-order valence-electron chi connectivity index (χ2n) is 4.10. The average molecular weight is 344 g/mol. The average Bonchev–Trinajstić information content (AvgIpc) is 2.47. The van der Waals surface area contributed by atoms with Gasteiger partial charge in [-0.2, -0.15) is 5.26 Å². The Morgan fingerprint density at radius 3 is 2.81 bits per heavy atom. The number of nitrogens with zero attached hydrogens (tertiary/aromatic N) is 1. The summed E-state index contributed by atoms with van der Waals surface area (Å²) >= 11 is 3.33. The van der Waals surface area contributed by atoms with E-state index in [2.05, 4.69) is 15.9 Å². The topological polar surface area (TPSA) is 70.3 Å². The molecule has 0 amide bonds. The molecule has 4 nitrogen and oxygen atoms in total. The first kappa shape index (κ1) is 14.8. The minimum Gasteiger partial charge on any atom is -0.478 e. The molecule has 104 valence electrons. The summed E-state index contributed by atoms with van der Waals surface area (Å²) in [5.41, 5.74) is 1.11. The van der Waals surface area contributed by atoms with Crippen molar-refractivity contribution in [1.82, 2.24) is 0 Å². The van der Waals surface area contributed by atoms with Crippen molar-refractivity contribution in [1.29, 1.82) is 5.26 Å². The summed E-state index contributed by atoms with van der Waals surface area (Å²) in [6, 6.07) is 14.1. The summed E-state index contributed by atoms with van der Waals surface area (Å²) < 4.78 is 6.53. The zero-order valence-electron chi connectivity index (χ0n) is 10.8. The molecule has 0 saturated heterocycles. The van der Waals surface area contributed by atoms with E-state index in [1.165, 1.54) is 6.08 Å². The third-order valence-electron chi connectivity index (χ3n) is 2.57. The highest BCUT2D eigenvalue weighted by atomic mass is 79.9. The van der Waals surface area contributed by atoms with Gasteiger partial charge in [0.05, 0.1) is 11.6 Å². The fourth-order valence-corrected chi connectivity index (χ4v) is 2.04. The molecule has 2 aromatic rings. The van der Waals surface area contributed by atoms with Crippen LogP contribution in [-0.4, -0.2) is 11.1 Å². The third kappa shape index (κ3) is 4.20. The standard InChI is InChI=1S/C16H10BrNO3/c17-13-5-6-15(12(9-13)4-7-16(19)20)21-14-3-1-2-11(8-14)10-18/h1-9H,(H,19,20)/b7-4+. The Labute approximate surface area is 130 Å². The normalized spacial score (nSPS) is 10.3. The number of hydrogen-bond acceptors (Lipinski definition) is 3. The predicted octanol–water partition coefficient (Wildman–Crippen LogP) is 4.21.